The summed E-state index contributed by atoms with van der Waals surface area (Å²) in [5.74, 6) is 1.20. The number of rotatable bonds is 2. The van der Waals surface area contributed by atoms with E-state index in [9.17, 15) is 0 Å². The van der Waals surface area contributed by atoms with Gasteiger partial charge in [-0.1, -0.05) is 20.8 Å². The standard InChI is InChI=1S/C13H19N5O/c1-4-10-7(2)8(3)12(19-10)18-6-16-9-5-15-13(14)17-11(9)18/h5-8,10,12H,4H2,1-3H3,(H2,14,15,17). The van der Waals surface area contributed by atoms with E-state index in [1.165, 1.54) is 0 Å². The lowest BCUT2D eigenvalue weighted by atomic mass is 9.91. The molecule has 0 saturated carbocycles. The third-order valence-corrected chi connectivity index (χ3v) is 4.19. The molecule has 102 valence electrons. The maximum Gasteiger partial charge on any atom is 0.222 e. The second kappa shape index (κ2) is 4.45. The molecule has 0 bridgehead atoms. The zero-order valence-electron chi connectivity index (χ0n) is 11.4. The van der Waals surface area contributed by atoms with E-state index in [0.717, 1.165) is 17.6 Å². The maximum absolute atomic E-state index is 6.15. The van der Waals surface area contributed by atoms with E-state index < -0.39 is 0 Å². The van der Waals surface area contributed by atoms with Gasteiger partial charge in [0.2, 0.25) is 5.95 Å². The molecule has 1 fully saturated rings. The number of hydrogen-bond donors (Lipinski definition) is 1. The minimum Gasteiger partial charge on any atom is -0.368 e. The first kappa shape index (κ1) is 12.3. The van der Waals surface area contributed by atoms with Crippen LogP contribution in [0.4, 0.5) is 5.95 Å². The molecule has 19 heavy (non-hydrogen) atoms. The van der Waals surface area contributed by atoms with Crippen molar-refractivity contribution in [3.63, 3.8) is 0 Å². The van der Waals surface area contributed by atoms with E-state index in [4.69, 9.17) is 10.5 Å². The summed E-state index contributed by atoms with van der Waals surface area (Å²) in [5, 5.41) is 0. The van der Waals surface area contributed by atoms with Gasteiger partial charge in [0.05, 0.1) is 18.6 Å². The molecule has 2 aromatic rings. The van der Waals surface area contributed by atoms with Crippen LogP contribution < -0.4 is 5.73 Å². The van der Waals surface area contributed by atoms with Crippen LogP contribution in [0.3, 0.4) is 0 Å². The van der Waals surface area contributed by atoms with Crippen LogP contribution >= 0.6 is 0 Å². The first-order valence-electron chi connectivity index (χ1n) is 6.72. The van der Waals surface area contributed by atoms with Crippen LogP contribution in [-0.2, 0) is 4.74 Å². The quantitative estimate of drug-likeness (QED) is 0.894. The van der Waals surface area contributed by atoms with Crippen LogP contribution in [0.15, 0.2) is 12.5 Å². The number of ether oxygens (including phenoxy) is 1. The van der Waals surface area contributed by atoms with Gasteiger partial charge in [-0.05, 0) is 12.3 Å². The smallest absolute Gasteiger partial charge is 0.222 e. The number of anilines is 1. The molecule has 6 nitrogen and oxygen atoms in total. The van der Waals surface area contributed by atoms with Gasteiger partial charge in [0.25, 0.3) is 0 Å². The number of nitrogen functional groups attached to an aromatic ring is 1. The lowest BCUT2D eigenvalue weighted by Gasteiger charge is -2.17. The fourth-order valence-electron chi connectivity index (χ4n) is 2.84. The average molecular weight is 261 g/mol. The zero-order valence-corrected chi connectivity index (χ0v) is 11.4. The topological polar surface area (TPSA) is 78.8 Å². The van der Waals surface area contributed by atoms with Crippen molar-refractivity contribution in [2.75, 3.05) is 5.73 Å². The van der Waals surface area contributed by atoms with Crippen molar-refractivity contribution >= 4 is 17.1 Å². The summed E-state index contributed by atoms with van der Waals surface area (Å²) in [5.41, 5.74) is 7.15. The van der Waals surface area contributed by atoms with Crippen LogP contribution in [0.2, 0.25) is 0 Å². The number of hydrogen-bond acceptors (Lipinski definition) is 5. The monoisotopic (exact) mass is 261 g/mol. The van der Waals surface area contributed by atoms with Crippen molar-refractivity contribution < 1.29 is 4.74 Å². The molecule has 4 atom stereocenters. The highest BCUT2D eigenvalue weighted by atomic mass is 16.5. The minimum absolute atomic E-state index is 0.0285. The maximum atomic E-state index is 6.15. The number of imidazole rings is 1. The third kappa shape index (κ3) is 1.87. The molecule has 3 heterocycles. The van der Waals surface area contributed by atoms with Crippen molar-refractivity contribution in [1.29, 1.82) is 0 Å². The minimum atomic E-state index is -0.0285. The fraction of sp³-hybridized carbons (Fsp3) is 0.615. The molecule has 0 amide bonds. The SMILES string of the molecule is CCC1OC(n2cnc3cnc(N)nc32)C(C)C1C. The fourth-order valence-corrected chi connectivity index (χ4v) is 2.84. The van der Waals surface area contributed by atoms with Crippen molar-refractivity contribution in [3.05, 3.63) is 12.5 Å². The Morgan fingerprint density at radius 2 is 2.11 bits per heavy atom. The molecule has 2 aromatic heterocycles. The third-order valence-electron chi connectivity index (χ3n) is 4.19. The van der Waals surface area contributed by atoms with Gasteiger partial charge in [-0.3, -0.25) is 4.57 Å². The summed E-state index contributed by atoms with van der Waals surface area (Å²) >= 11 is 0. The Morgan fingerprint density at radius 3 is 2.79 bits per heavy atom. The molecular formula is C13H19N5O. The lowest BCUT2D eigenvalue weighted by molar-refractivity contribution is -0.0120. The summed E-state index contributed by atoms with van der Waals surface area (Å²) in [6.45, 7) is 6.60. The molecule has 1 aliphatic heterocycles. The second-order valence-electron chi connectivity index (χ2n) is 5.28. The number of nitrogens with zero attached hydrogens (tertiary/aromatic N) is 4. The number of nitrogens with two attached hydrogens (primary N) is 1. The first-order valence-corrected chi connectivity index (χ1v) is 6.72. The van der Waals surface area contributed by atoms with Crippen LogP contribution in [0.1, 0.15) is 33.4 Å². The molecule has 0 aromatic carbocycles. The predicted molar refractivity (Wildman–Crippen MR) is 72.3 cm³/mol. The van der Waals surface area contributed by atoms with E-state index in [0.29, 0.717) is 11.8 Å². The first-order chi connectivity index (χ1) is 9.11. The molecule has 0 radical (unpaired) electrons. The van der Waals surface area contributed by atoms with Crippen molar-refractivity contribution in [2.45, 2.75) is 39.5 Å². The van der Waals surface area contributed by atoms with Gasteiger partial charge in [-0.15, -0.1) is 0 Å². The Hall–Kier alpha value is -1.69. The molecule has 0 aliphatic carbocycles. The Labute approximate surface area is 112 Å². The van der Waals surface area contributed by atoms with Gasteiger partial charge < -0.3 is 10.5 Å². The molecule has 1 aliphatic rings. The molecule has 3 rings (SSSR count). The average Bonchev–Trinajstić information content (AvgIpc) is 2.92. The Morgan fingerprint density at radius 1 is 1.32 bits per heavy atom. The predicted octanol–water partition coefficient (Wildman–Crippen LogP) is 1.99. The highest BCUT2D eigenvalue weighted by Gasteiger charge is 2.39. The molecular weight excluding hydrogens is 242 g/mol. The van der Waals surface area contributed by atoms with Crippen LogP contribution in [-0.4, -0.2) is 25.6 Å². The van der Waals surface area contributed by atoms with Crippen LogP contribution in [0.5, 0.6) is 0 Å². The molecule has 0 spiro atoms. The Kier molecular flexibility index (Phi) is 2.89. The summed E-state index contributed by atoms with van der Waals surface area (Å²) in [7, 11) is 0. The van der Waals surface area contributed by atoms with Gasteiger partial charge in [0.1, 0.15) is 11.7 Å². The number of aromatic nitrogens is 4. The van der Waals surface area contributed by atoms with Crippen molar-refractivity contribution in [1.82, 2.24) is 19.5 Å². The van der Waals surface area contributed by atoms with Gasteiger partial charge >= 0.3 is 0 Å². The van der Waals surface area contributed by atoms with E-state index in [1.54, 1.807) is 12.5 Å². The zero-order chi connectivity index (χ0) is 13.6. The normalized spacial score (nSPS) is 31.1. The van der Waals surface area contributed by atoms with Crippen molar-refractivity contribution in [2.24, 2.45) is 11.8 Å². The summed E-state index contributed by atoms with van der Waals surface area (Å²) in [6, 6.07) is 0. The largest absolute Gasteiger partial charge is 0.368 e. The van der Waals surface area contributed by atoms with Gasteiger partial charge in [-0.2, -0.15) is 4.98 Å². The van der Waals surface area contributed by atoms with E-state index >= 15 is 0 Å². The molecule has 4 unspecified atom stereocenters. The highest BCUT2D eigenvalue weighted by Crippen LogP contribution is 2.40. The Bertz CT molecular complexity index is 596. The van der Waals surface area contributed by atoms with Gasteiger partial charge in [-0.25, -0.2) is 9.97 Å². The number of fused-ring (bicyclic) bond motifs is 1. The summed E-state index contributed by atoms with van der Waals surface area (Å²) in [4.78, 5) is 12.6. The Balaban J connectivity index is 2.03. The molecule has 1 saturated heterocycles. The van der Waals surface area contributed by atoms with Crippen molar-refractivity contribution in [3.8, 4) is 0 Å². The van der Waals surface area contributed by atoms with E-state index in [1.807, 2.05) is 4.57 Å². The van der Waals surface area contributed by atoms with E-state index in [-0.39, 0.29) is 18.3 Å². The summed E-state index contributed by atoms with van der Waals surface area (Å²) < 4.78 is 8.13. The van der Waals surface area contributed by atoms with Crippen LogP contribution in [0, 0.1) is 11.8 Å². The summed E-state index contributed by atoms with van der Waals surface area (Å²) in [6.07, 6.45) is 4.70. The molecule has 6 heteroatoms. The van der Waals surface area contributed by atoms with Gasteiger partial charge in [0, 0.05) is 5.92 Å². The van der Waals surface area contributed by atoms with Gasteiger partial charge in [0.15, 0.2) is 5.65 Å². The van der Waals surface area contributed by atoms with E-state index in [2.05, 4.69) is 35.7 Å². The van der Waals surface area contributed by atoms with Crippen LogP contribution in [0.25, 0.3) is 11.2 Å². The lowest BCUT2D eigenvalue weighted by Crippen LogP contribution is -2.15. The molecule has 2 N–H and O–H groups in total. The second-order valence-corrected chi connectivity index (χ2v) is 5.28. The highest BCUT2D eigenvalue weighted by molar-refractivity contribution is 5.70.